The van der Waals surface area contributed by atoms with Gasteiger partial charge in [0.15, 0.2) is 0 Å². The van der Waals surface area contributed by atoms with Crippen LogP contribution in [0, 0.1) is 0 Å². The number of benzene rings is 1. The van der Waals surface area contributed by atoms with Crippen LogP contribution in [-0.2, 0) is 6.54 Å². The van der Waals surface area contributed by atoms with Crippen molar-refractivity contribution >= 4 is 35.8 Å². The molecule has 0 saturated carbocycles. The van der Waals surface area contributed by atoms with Crippen LogP contribution in [0.5, 0.6) is 0 Å². The molecule has 1 aromatic carbocycles. The van der Waals surface area contributed by atoms with Crippen molar-refractivity contribution in [3.05, 3.63) is 60.4 Å². The van der Waals surface area contributed by atoms with Gasteiger partial charge in [-0.1, -0.05) is 18.7 Å². The Morgan fingerprint density at radius 2 is 2.19 bits per heavy atom. The average molecular weight is 358 g/mol. The zero-order valence-electron chi connectivity index (χ0n) is 14.8. The number of carbonyl (C=O) groups excluding carboxylic acids is 1. The number of aromatic nitrogens is 3. The molecule has 7 heteroatoms. The summed E-state index contributed by atoms with van der Waals surface area (Å²) in [5.74, 6) is 1.12. The number of pyridine rings is 1. The summed E-state index contributed by atoms with van der Waals surface area (Å²) in [6.45, 7) is 6.15. The van der Waals surface area contributed by atoms with Crippen LogP contribution < -0.4 is 10.6 Å². The van der Waals surface area contributed by atoms with E-state index in [1.54, 1.807) is 24.8 Å². The minimum atomic E-state index is -0.109. The van der Waals surface area contributed by atoms with Crippen molar-refractivity contribution in [2.45, 2.75) is 13.5 Å². The van der Waals surface area contributed by atoms with E-state index in [0.717, 1.165) is 22.5 Å². The van der Waals surface area contributed by atoms with Crippen molar-refractivity contribution in [2.24, 2.45) is 4.99 Å². The zero-order chi connectivity index (χ0) is 18.8. The van der Waals surface area contributed by atoms with E-state index in [4.69, 9.17) is 0 Å². The van der Waals surface area contributed by atoms with Crippen molar-refractivity contribution < 1.29 is 4.79 Å². The maximum Gasteiger partial charge on any atom is 0.254 e. The molecule has 0 aliphatic carbocycles. The van der Waals surface area contributed by atoms with Crippen LogP contribution in [0.25, 0.3) is 17.5 Å². The van der Waals surface area contributed by atoms with E-state index in [1.807, 2.05) is 41.8 Å². The molecule has 1 amide bonds. The van der Waals surface area contributed by atoms with E-state index in [0.29, 0.717) is 23.9 Å². The topological polar surface area (TPSA) is 84.2 Å². The average Bonchev–Trinajstić information content (AvgIpc) is 3.27. The first-order valence-corrected chi connectivity index (χ1v) is 8.54. The lowest BCUT2D eigenvalue weighted by molar-refractivity contribution is 0.0966. The van der Waals surface area contributed by atoms with Gasteiger partial charge >= 0.3 is 0 Å². The summed E-state index contributed by atoms with van der Waals surface area (Å²) in [6, 6.07) is 9.45. The molecule has 3 aromatic rings. The second-order valence-electron chi connectivity index (χ2n) is 5.92. The van der Waals surface area contributed by atoms with Crippen molar-refractivity contribution in [1.82, 2.24) is 19.9 Å². The van der Waals surface area contributed by atoms with Gasteiger partial charge in [-0.15, -0.1) is 0 Å². The maximum atomic E-state index is 12.5. The van der Waals surface area contributed by atoms with Crippen molar-refractivity contribution in [3.63, 3.8) is 0 Å². The maximum absolute atomic E-state index is 12.5. The van der Waals surface area contributed by atoms with Crippen LogP contribution in [0.4, 0.5) is 17.5 Å². The third kappa shape index (κ3) is 2.89. The number of aliphatic imine (C=N–C) groups is 1. The summed E-state index contributed by atoms with van der Waals surface area (Å²) < 4.78 is 1.81. The normalized spacial score (nSPS) is 12.9. The van der Waals surface area contributed by atoms with Gasteiger partial charge in [-0.05, 0) is 30.7 Å². The lowest BCUT2D eigenvalue weighted by Gasteiger charge is -2.13. The van der Waals surface area contributed by atoms with E-state index in [9.17, 15) is 4.79 Å². The molecule has 1 aliphatic rings. The molecule has 2 N–H and O–H groups in total. The fraction of sp³-hybridized carbons (Fsp3) is 0.100. The van der Waals surface area contributed by atoms with E-state index < -0.39 is 0 Å². The van der Waals surface area contributed by atoms with Gasteiger partial charge in [0, 0.05) is 30.7 Å². The second kappa shape index (κ2) is 6.87. The van der Waals surface area contributed by atoms with Crippen LogP contribution in [0.1, 0.15) is 22.8 Å². The molecular formula is C20H18N6O. The molecule has 0 fully saturated rings. The molecule has 134 valence electrons. The van der Waals surface area contributed by atoms with Gasteiger partial charge in [-0.25, -0.2) is 15.0 Å². The molecule has 3 heterocycles. The van der Waals surface area contributed by atoms with Gasteiger partial charge in [-0.3, -0.25) is 9.36 Å². The highest BCUT2D eigenvalue weighted by Gasteiger charge is 2.27. The molecule has 27 heavy (non-hydrogen) atoms. The molecule has 0 unspecified atom stereocenters. The summed E-state index contributed by atoms with van der Waals surface area (Å²) in [4.78, 5) is 25.4. The molecule has 1 aliphatic heterocycles. The summed E-state index contributed by atoms with van der Waals surface area (Å²) >= 11 is 0. The Morgan fingerprint density at radius 3 is 2.93 bits per heavy atom. The van der Waals surface area contributed by atoms with Crippen LogP contribution in [-0.4, -0.2) is 26.7 Å². The highest BCUT2D eigenvalue weighted by atomic mass is 16.1. The molecule has 0 atom stereocenters. The smallest absolute Gasteiger partial charge is 0.254 e. The predicted molar refractivity (Wildman–Crippen MR) is 107 cm³/mol. The Bertz CT molecular complexity index is 1050. The van der Waals surface area contributed by atoms with Crippen LogP contribution in [0.2, 0.25) is 0 Å². The molecule has 4 rings (SSSR count). The molecule has 0 bridgehead atoms. The van der Waals surface area contributed by atoms with Crippen LogP contribution in [0.15, 0.2) is 54.3 Å². The Kier molecular flexibility index (Phi) is 4.25. The number of hydrogen-bond acceptors (Lipinski definition) is 5. The number of nitrogens with one attached hydrogen (secondary N) is 2. The number of fused-ring (bicyclic) bond motifs is 1. The Hall–Kier alpha value is -3.74. The number of hydrogen-bond donors (Lipinski definition) is 2. The van der Waals surface area contributed by atoms with Gasteiger partial charge in [0.2, 0.25) is 5.95 Å². The van der Waals surface area contributed by atoms with Crippen LogP contribution >= 0.6 is 0 Å². The SMILES string of the molecule is C=Cn1c(-c2ccc(Nc3ccccn3)c3c2CNC3=O)cnc1N=CC. The first-order chi connectivity index (χ1) is 13.2. The molecule has 0 spiro atoms. The molecule has 2 aromatic heterocycles. The van der Waals surface area contributed by atoms with Gasteiger partial charge in [0.25, 0.3) is 5.91 Å². The molecule has 0 saturated heterocycles. The first kappa shape index (κ1) is 16.7. The highest BCUT2D eigenvalue weighted by molar-refractivity contribution is 6.06. The van der Waals surface area contributed by atoms with Gasteiger partial charge in [0.05, 0.1) is 23.1 Å². The van der Waals surface area contributed by atoms with E-state index in [2.05, 4.69) is 32.2 Å². The fourth-order valence-corrected chi connectivity index (χ4v) is 3.21. The van der Waals surface area contributed by atoms with Gasteiger partial charge < -0.3 is 10.6 Å². The minimum absolute atomic E-state index is 0.109. The molecule has 0 radical (unpaired) electrons. The number of nitrogens with zero attached hydrogens (tertiary/aromatic N) is 4. The third-order valence-electron chi connectivity index (χ3n) is 4.37. The lowest BCUT2D eigenvalue weighted by atomic mass is 9.99. The number of amides is 1. The number of carbonyl (C=O) groups is 1. The standard InChI is InChI=1S/C20H18N6O/c1-3-21-20-24-12-16(26(20)4-2)13-8-9-15(18-14(13)11-23-19(18)27)25-17-7-5-6-10-22-17/h3-10,12H,2,11H2,1H3,(H,22,25)(H,23,27). The van der Waals surface area contributed by atoms with Crippen LogP contribution in [0.3, 0.4) is 0 Å². The third-order valence-corrected chi connectivity index (χ3v) is 4.37. The van der Waals surface area contributed by atoms with E-state index in [-0.39, 0.29) is 5.91 Å². The van der Waals surface area contributed by atoms with Crippen molar-refractivity contribution in [1.29, 1.82) is 0 Å². The Balaban J connectivity index is 1.83. The summed E-state index contributed by atoms with van der Waals surface area (Å²) in [7, 11) is 0. The quantitative estimate of drug-likeness (QED) is 0.680. The lowest BCUT2D eigenvalue weighted by Crippen LogP contribution is -2.13. The summed E-state index contributed by atoms with van der Waals surface area (Å²) in [6.07, 6.45) is 6.80. The van der Waals surface area contributed by atoms with Gasteiger partial charge in [-0.2, -0.15) is 0 Å². The number of anilines is 2. The predicted octanol–water partition coefficient (Wildman–Crippen LogP) is 3.75. The second-order valence-corrected chi connectivity index (χ2v) is 5.92. The first-order valence-electron chi connectivity index (χ1n) is 8.54. The number of imidazole rings is 1. The molecular weight excluding hydrogens is 340 g/mol. The fourth-order valence-electron chi connectivity index (χ4n) is 3.21. The highest BCUT2D eigenvalue weighted by Crippen LogP contribution is 2.36. The largest absolute Gasteiger partial charge is 0.348 e. The monoisotopic (exact) mass is 358 g/mol. The van der Waals surface area contributed by atoms with E-state index in [1.165, 1.54) is 0 Å². The molecule has 7 nitrogen and oxygen atoms in total. The minimum Gasteiger partial charge on any atom is -0.348 e. The van der Waals surface area contributed by atoms with Gasteiger partial charge in [0.1, 0.15) is 5.82 Å². The van der Waals surface area contributed by atoms with Crippen molar-refractivity contribution in [2.75, 3.05) is 5.32 Å². The van der Waals surface area contributed by atoms with Crippen molar-refractivity contribution in [3.8, 4) is 11.3 Å². The summed E-state index contributed by atoms with van der Waals surface area (Å²) in [5, 5.41) is 6.14. The zero-order valence-corrected chi connectivity index (χ0v) is 14.8. The Labute approximate surface area is 156 Å². The Morgan fingerprint density at radius 1 is 1.30 bits per heavy atom. The number of rotatable bonds is 5. The van der Waals surface area contributed by atoms with E-state index >= 15 is 0 Å². The summed E-state index contributed by atoms with van der Waals surface area (Å²) in [5.41, 5.74) is 4.01.